The number of hydrogen-bond donors (Lipinski definition) is 1. The third-order valence-electron chi connectivity index (χ3n) is 2.87. The number of benzene rings is 1. The average molecular weight is 259 g/mol. The van der Waals surface area contributed by atoms with Crippen molar-refractivity contribution in [2.75, 3.05) is 7.11 Å². The van der Waals surface area contributed by atoms with Gasteiger partial charge in [-0.05, 0) is 30.7 Å². The molecular formula is C14H17N3O2. The molecule has 5 heteroatoms. The summed E-state index contributed by atoms with van der Waals surface area (Å²) in [6.07, 6.45) is 1.69. The van der Waals surface area contributed by atoms with Crippen LogP contribution in [-0.2, 0) is 17.9 Å². The lowest BCUT2D eigenvalue weighted by molar-refractivity contribution is -0.122. The highest BCUT2D eigenvalue weighted by atomic mass is 16.5. The molecule has 0 aliphatic rings. The van der Waals surface area contributed by atoms with Gasteiger partial charge in [-0.2, -0.15) is 5.10 Å². The number of nitrogens with zero attached hydrogens (tertiary/aromatic N) is 2. The standard InChI is InChI=1S/C14H17N3O2/c1-11-7-8-16-17(11)10-14(18)15-9-12-3-5-13(19-2)6-4-12/h3-8H,9-10H2,1-2H3,(H,15,18). The van der Waals surface area contributed by atoms with Gasteiger partial charge in [-0.25, -0.2) is 0 Å². The number of aryl methyl sites for hydroxylation is 1. The Hall–Kier alpha value is -2.30. The first kappa shape index (κ1) is 13.1. The normalized spacial score (nSPS) is 10.2. The highest BCUT2D eigenvalue weighted by Crippen LogP contribution is 2.10. The van der Waals surface area contributed by atoms with Crippen LogP contribution in [0, 0.1) is 6.92 Å². The number of hydrogen-bond acceptors (Lipinski definition) is 3. The van der Waals surface area contributed by atoms with Crippen molar-refractivity contribution in [1.29, 1.82) is 0 Å². The molecule has 0 spiro atoms. The first-order chi connectivity index (χ1) is 9.19. The van der Waals surface area contributed by atoms with Crippen LogP contribution in [0.1, 0.15) is 11.3 Å². The second kappa shape index (κ2) is 6.04. The summed E-state index contributed by atoms with van der Waals surface area (Å²) < 4.78 is 6.75. The van der Waals surface area contributed by atoms with E-state index >= 15 is 0 Å². The number of aromatic nitrogens is 2. The third-order valence-corrected chi connectivity index (χ3v) is 2.87. The first-order valence-electron chi connectivity index (χ1n) is 6.07. The van der Waals surface area contributed by atoms with E-state index in [0.717, 1.165) is 17.0 Å². The molecule has 1 amide bonds. The second-order valence-electron chi connectivity index (χ2n) is 4.26. The molecule has 100 valence electrons. The Morgan fingerprint density at radius 3 is 2.63 bits per heavy atom. The Morgan fingerprint density at radius 1 is 1.32 bits per heavy atom. The van der Waals surface area contributed by atoms with E-state index in [2.05, 4.69) is 10.4 Å². The Kier molecular flexibility index (Phi) is 4.18. The third kappa shape index (κ3) is 3.58. The number of carbonyl (C=O) groups is 1. The van der Waals surface area contributed by atoms with Gasteiger partial charge in [0, 0.05) is 18.4 Å². The molecule has 2 rings (SSSR count). The predicted molar refractivity (Wildman–Crippen MR) is 71.8 cm³/mol. The van der Waals surface area contributed by atoms with Crippen molar-refractivity contribution < 1.29 is 9.53 Å². The Bertz CT molecular complexity index is 546. The van der Waals surface area contributed by atoms with Crippen LogP contribution < -0.4 is 10.1 Å². The zero-order valence-corrected chi connectivity index (χ0v) is 11.1. The van der Waals surface area contributed by atoms with Crippen molar-refractivity contribution in [2.24, 2.45) is 0 Å². The molecular weight excluding hydrogens is 242 g/mol. The summed E-state index contributed by atoms with van der Waals surface area (Å²) in [4.78, 5) is 11.8. The molecule has 0 fully saturated rings. The first-order valence-corrected chi connectivity index (χ1v) is 6.07. The smallest absolute Gasteiger partial charge is 0.242 e. The van der Waals surface area contributed by atoms with Crippen LogP contribution in [0.5, 0.6) is 5.75 Å². The minimum Gasteiger partial charge on any atom is -0.497 e. The zero-order valence-electron chi connectivity index (χ0n) is 11.1. The molecule has 0 aliphatic heterocycles. The minimum atomic E-state index is -0.0531. The zero-order chi connectivity index (χ0) is 13.7. The lowest BCUT2D eigenvalue weighted by Gasteiger charge is -2.07. The molecule has 5 nitrogen and oxygen atoms in total. The quantitative estimate of drug-likeness (QED) is 0.885. The Labute approximate surface area is 112 Å². The van der Waals surface area contributed by atoms with Crippen molar-refractivity contribution in [3.8, 4) is 5.75 Å². The summed E-state index contributed by atoms with van der Waals surface area (Å²) in [7, 11) is 1.63. The van der Waals surface area contributed by atoms with Gasteiger partial charge in [-0.15, -0.1) is 0 Å². The van der Waals surface area contributed by atoms with E-state index in [1.165, 1.54) is 0 Å². The van der Waals surface area contributed by atoms with Crippen molar-refractivity contribution in [3.63, 3.8) is 0 Å². The summed E-state index contributed by atoms with van der Waals surface area (Å²) in [5.41, 5.74) is 2.01. The number of rotatable bonds is 5. The maximum Gasteiger partial charge on any atom is 0.242 e. The fraction of sp³-hybridized carbons (Fsp3) is 0.286. The van der Waals surface area contributed by atoms with Gasteiger partial charge in [0.05, 0.1) is 7.11 Å². The SMILES string of the molecule is COc1ccc(CNC(=O)Cn2nccc2C)cc1. The van der Waals surface area contributed by atoms with E-state index in [1.807, 2.05) is 37.3 Å². The maximum absolute atomic E-state index is 11.8. The molecule has 2 aromatic rings. The van der Waals surface area contributed by atoms with Crippen LogP contribution in [-0.4, -0.2) is 22.8 Å². The molecule has 1 N–H and O–H groups in total. The minimum absolute atomic E-state index is 0.0531. The molecule has 0 saturated heterocycles. The lowest BCUT2D eigenvalue weighted by Crippen LogP contribution is -2.27. The fourth-order valence-electron chi connectivity index (χ4n) is 1.70. The molecule has 1 aromatic carbocycles. The molecule has 0 unspecified atom stereocenters. The number of ether oxygens (including phenoxy) is 1. The van der Waals surface area contributed by atoms with Crippen molar-refractivity contribution in [3.05, 3.63) is 47.8 Å². The summed E-state index contributed by atoms with van der Waals surface area (Å²) in [5, 5.41) is 6.93. The van der Waals surface area contributed by atoms with Gasteiger partial charge < -0.3 is 10.1 Å². The largest absolute Gasteiger partial charge is 0.497 e. The van der Waals surface area contributed by atoms with Gasteiger partial charge in [0.2, 0.25) is 5.91 Å². The van der Waals surface area contributed by atoms with E-state index < -0.39 is 0 Å². The Morgan fingerprint density at radius 2 is 2.05 bits per heavy atom. The Balaban J connectivity index is 1.84. The molecule has 0 atom stereocenters. The van der Waals surface area contributed by atoms with E-state index in [4.69, 9.17) is 4.74 Å². The van der Waals surface area contributed by atoms with Crippen molar-refractivity contribution in [2.45, 2.75) is 20.0 Å². The molecule has 19 heavy (non-hydrogen) atoms. The van der Waals surface area contributed by atoms with Crippen LogP contribution in [0.2, 0.25) is 0 Å². The van der Waals surface area contributed by atoms with Crippen LogP contribution in [0.25, 0.3) is 0 Å². The fourth-order valence-corrected chi connectivity index (χ4v) is 1.70. The van der Waals surface area contributed by atoms with Crippen LogP contribution in [0.4, 0.5) is 0 Å². The number of carbonyl (C=O) groups excluding carboxylic acids is 1. The van der Waals surface area contributed by atoms with Gasteiger partial charge >= 0.3 is 0 Å². The van der Waals surface area contributed by atoms with E-state index in [1.54, 1.807) is 18.0 Å². The molecule has 0 radical (unpaired) electrons. The highest BCUT2D eigenvalue weighted by molar-refractivity contribution is 5.75. The maximum atomic E-state index is 11.8. The van der Waals surface area contributed by atoms with E-state index in [9.17, 15) is 4.79 Å². The molecule has 1 aromatic heterocycles. The van der Waals surface area contributed by atoms with Gasteiger partial charge in [0.1, 0.15) is 12.3 Å². The summed E-state index contributed by atoms with van der Waals surface area (Å²) in [5.74, 6) is 0.755. The lowest BCUT2D eigenvalue weighted by atomic mass is 10.2. The van der Waals surface area contributed by atoms with Crippen LogP contribution in [0.3, 0.4) is 0 Å². The molecule has 0 bridgehead atoms. The predicted octanol–water partition coefficient (Wildman–Crippen LogP) is 1.52. The number of nitrogens with one attached hydrogen (secondary N) is 1. The van der Waals surface area contributed by atoms with Crippen molar-refractivity contribution in [1.82, 2.24) is 15.1 Å². The molecule has 1 heterocycles. The number of methoxy groups -OCH3 is 1. The highest BCUT2D eigenvalue weighted by Gasteiger charge is 2.05. The van der Waals surface area contributed by atoms with Gasteiger partial charge in [-0.1, -0.05) is 12.1 Å². The van der Waals surface area contributed by atoms with Gasteiger partial charge in [0.25, 0.3) is 0 Å². The van der Waals surface area contributed by atoms with Crippen molar-refractivity contribution >= 4 is 5.91 Å². The number of amides is 1. The van der Waals surface area contributed by atoms with E-state index in [-0.39, 0.29) is 12.5 Å². The molecule has 0 saturated carbocycles. The van der Waals surface area contributed by atoms with Gasteiger partial charge in [0.15, 0.2) is 0 Å². The summed E-state index contributed by atoms with van der Waals surface area (Å²) in [6.45, 7) is 2.67. The van der Waals surface area contributed by atoms with Crippen LogP contribution >= 0.6 is 0 Å². The summed E-state index contributed by atoms with van der Waals surface area (Å²) in [6, 6.07) is 9.48. The van der Waals surface area contributed by atoms with E-state index in [0.29, 0.717) is 6.54 Å². The topological polar surface area (TPSA) is 56.1 Å². The van der Waals surface area contributed by atoms with Crippen LogP contribution in [0.15, 0.2) is 36.5 Å². The average Bonchev–Trinajstić information content (AvgIpc) is 2.82. The molecule has 0 aliphatic carbocycles. The van der Waals surface area contributed by atoms with Gasteiger partial charge in [-0.3, -0.25) is 9.48 Å². The summed E-state index contributed by atoms with van der Waals surface area (Å²) >= 11 is 0. The monoisotopic (exact) mass is 259 g/mol. The second-order valence-corrected chi connectivity index (χ2v) is 4.26.